The van der Waals surface area contributed by atoms with Crippen molar-refractivity contribution in [1.82, 2.24) is 19.6 Å². The van der Waals surface area contributed by atoms with Crippen LogP contribution < -0.4 is 9.57 Å². The molecule has 3 heterocycles. The van der Waals surface area contributed by atoms with E-state index in [9.17, 15) is 4.79 Å². The van der Waals surface area contributed by atoms with Gasteiger partial charge in [0.2, 0.25) is 0 Å². The molecule has 0 unspecified atom stereocenters. The van der Waals surface area contributed by atoms with Crippen molar-refractivity contribution >= 4 is 6.09 Å². The van der Waals surface area contributed by atoms with Gasteiger partial charge in [-0.3, -0.25) is 4.98 Å². The predicted octanol–water partition coefficient (Wildman–Crippen LogP) is 3.71. The zero-order valence-corrected chi connectivity index (χ0v) is 17.8. The summed E-state index contributed by atoms with van der Waals surface area (Å²) in [5.41, 5.74) is 3.32. The van der Waals surface area contributed by atoms with Crippen molar-refractivity contribution in [2.75, 3.05) is 19.7 Å². The quantitative estimate of drug-likeness (QED) is 0.583. The molecule has 1 aliphatic rings. The number of rotatable bonds is 7. The molecule has 1 saturated heterocycles. The van der Waals surface area contributed by atoms with Crippen molar-refractivity contribution in [3.05, 3.63) is 78.1 Å². The Morgan fingerprint density at radius 2 is 1.90 bits per heavy atom. The van der Waals surface area contributed by atoms with Crippen LogP contribution in [0.2, 0.25) is 0 Å². The summed E-state index contributed by atoms with van der Waals surface area (Å²) >= 11 is 0. The van der Waals surface area contributed by atoms with E-state index in [1.807, 2.05) is 43.3 Å². The third-order valence-corrected chi connectivity index (χ3v) is 5.56. The number of amides is 1. The molecule has 7 heteroatoms. The molecule has 31 heavy (non-hydrogen) atoms. The number of benzene rings is 1. The van der Waals surface area contributed by atoms with Gasteiger partial charge >= 0.3 is 6.09 Å². The Labute approximate surface area is 182 Å². The lowest BCUT2D eigenvalue weighted by Crippen LogP contribution is -2.41. The average molecular weight is 421 g/mol. The van der Waals surface area contributed by atoms with Gasteiger partial charge in [-0.25, -0.2) is 9.78 Å². The number of nitrogens with zero attached hydrogens (tertiary/aromatic N) is 4. The van der Waals surface area contributed by atoms with Gasteiger partial charge in [0.1, 0.15) is 18.7 Å². The molecular formula is C24H28N4O3. The van der Waals surface area contributed by atoms with E-state index in [1.54, 1.807) is 28.4 Å². The first-order valence-electron chi connectivity index (χ1n) is 10.8. The van der Waals surface area contributed by atoms with E-state index < -0.39 is 0 Å². The Kier molecular flexibility index (Phi) is 6.82. The Balaban J connectivity index is 1.20. The van der Waals surface area contributed by atoms with Gasteiger partial charge in [0.25, 0.3) is 0 Å². The summed E-state index contributed by atoms with van der Waals surface area (Å²) in [6.45, 7) is 3.99. The van der Waals surface area contributed by atoms with Crippen molar-refractivity contribution in [3.8, 4) is 5.75 Å². The predicted molar refractivity (Wildman–Crippen MR) is 117 cm³/mol. The minimum atomic E-state index is -0.286. The standard InChI is InChI=1S/C24H28N4O3/c1-19-3-2-4-22(26-19)8-5-20-6-9-23(10-7-20)31-24(29)27-14-11-21(12-15-27)17-30-28-16-13-25-18-28/h2-4,6-7,9-10,13,16,18,21H,5,8,11-12,14-15,17H2,1H3. The fraction of sp³-hybridized carbons (Fsp3) is 0.375. The molecule has 7 nitrogen and oxygen atoms in total. The second kappa shape index (κ2) is 10.1. The number of carbonyl (C=O) groups is 1. The lowest BCUT2D eigenvalue weighted by molar-refractivity contribution is 0.0541. The highest BCUT2D eigenvalue weighted by Crippen LogP contribution is 2.20. The van der Waals surface area contributed by atoms with E-state index in [-0.39, 0.29) is 6.09 Å². The van der Waals surface area contributed by atoms with Crippen LogP contribution in [0.3, 0.4) is 0 Å². The van der Waals surface area contributed by atoms with Crippen molar-refractivity contribution < 1.29 is 14.4 Å². The van der Waals surface area contributed by atoms with E-state index in [0.717, 1.165) is 37.1 Å². The Bertz CT molecular complexity index is 965. The van der Waals surface area contributed by atoms with Crippen LogP contribution in [0.1, 0.15) is 29.8 Å². The molecule has 1 aromatic carbocycles. The van der Waals surface area contributed by atoms with E-state index >= 15 is 0 Å². The molecule has 0 atom stereocenters. The molecule has 1 fully saturated rings. The highest BCUT2D eigenvalue weighted by atomic mass is 16.7. The van der Waals surface area contributed by atoms with Gasteiger partial charge in [0, 0.05) is 30.7 Å². The number of hydrogen-bond acceptors (Lipinski definition) is 5. The van der Waals surface area contributed by atoms with Crippen molar-refractivity contribution in [2.24, 2.45) is 5.92 Å². The third kappa shape index (κ3) is 6.07. The first kappa shape index (κ1) is 20.9. The highest BCUT2D eigenvalue weighted by Gasteiger charge is 2.24. The SMILES string of the molecule is Cc1cccc(CCc2ccc(OC(=O)N3CCC(COn4ccnc4)CC3)cc2)n1. The smallest absolute Gasteiger partial charge is 0.413 e. The second-order valence-electron chi connectivity index (χ2n) is 7.93. The molecule has 0 saturated carbocycles. The van der Waals surface area contributed by atoms with Crippen LogP contribution in [0.15, 0.2) is 61.2 Å². The zero-order chi connectivity index (χ0) is 21.5. The molecule has 1 aliphatic heterocycles. The van der Waals surface area contributed by atoms with Crippen LogP contribution in [0.25, 0.3) is 0 Å². The van der Waals surface area contributed by atoms with E-state index in [0.29, 0.717) is 31.4 Å². The Morgan fingerprint density at radius 3 is 2.61 bits per heavy atom. The van der Waals surface area contributed by atoms with Crippen LogP contribution in [0.5, 0.6) is 5.75 Å². The van der Waals surface area contributed by atoms with Crippen LogP contribution in [-0.4, -0.2) is 45.4 Å². The largest absolute Gasteiger partial charge is 0.415 e. The van der Waals surface area contributed by atoms with E-state index in [2.05, 4.69) is 16.0 Å². The summed E-state index contributed by atoms with van der Waals surface area (Å²) in [6.07, 6.45) is 8.40. The number of hydrogen-bond donors (Lipinski definition) is 0. The molecule has 162 valence electrons. The number of imidazole rings is 1. The van der Waals surface area contributed by atoms with Gasteiger partial charge in [0.05, 0.1) is 6.20 Å². The number of aromatic nitrogens is 3. The highest BCUT2D eigenvalue weighted by molar-refractivity contribution is 5.70. The van der Waals surface area contributed by atoms with Crippen LogP contribution >= 0.6 is 0 Å². The molecule has 2 aromatic heterocycles. The van der Waals surface area contributed by atoms with Gasteiger partial charge in [-0.05, 0) is 68.4 Å². The van der Waals surface area contributed by atoms with E-state index in [4.69, 9.17) is 9.57 Å². The number of pyridine rings is 1. The summed E-state index contributed by atoms with van der Waals surface area (Å²) in [6, 6.07) is 13.8. The van der Waals surface area contributed by atoms with Gasteiger partial charge in [-0.15, -0.1) is 0 Å². The number of likely N-dealkylation sites (tertiary alicyclic amines) is 1. The summed E-state index contributed by atoms with van der Waals surface area (Å²) in [5.74, 6) is 1.00. The molecular weight excluding hydrogens is 392 g/mol. The third-order valence-electron chi connectivity index (χ3n) is 5.56. The van der Waals surface area contributed by atoms with Gasteiger partial charge in [-0.2, -0.15) is 4.73 Å². The fourth-order valence-electron chi connectivity index (χ4n) is 3.70. The summed E-state index contributed by atoms with van der Waals surface area (Å²) in [7, 11) is 0. The second-order valence-corrected chi connectivity index (χ2v) is 7.93. The minimum absolute atomic E-state index is 0.286. The van der Waals surface area contributed by atoms with Crippen molar-refractivity contribution in [3.63, 3.8) is 0 Å². The molecule has 0 bridgehead atoms. The average Bonchev–Trinajstić information content (AvgIpc) is 3.31. The summed E-state index contributed by atoms with van der Waals surface area (Å²) < 4.78 is 7.19. The Hall–Kier alpha value is -3.35. The molecule has 0 aliphatic carbocycles. The van der Waals surface area contributed by atoms with Crippen LogP contribution in [-0.2, 0) is 12.8 Å². The first-order chi connectivity index (χ1) is 15.2. The fourth-order valence-corrected chi connectivity index (χ4v) is 3.70. The van der Waals surface area contributed by atoms with E-state index in [1.165, 1.54) is 5.56 Å². The van der Waals surface area contributed by atoms with Gasteiger partial charge < -0.3 is 14.5 Å². The molecule has 1 amide bonds. The molecule has 4 rings (SSSR count). The summed E-state index contributed by atoms with van der Waals surface area (Å²) in [5, 5.41) is 0. The zero-order valence-electron chi connectivity index (χ0n) is 17.8. The number of aryl methyl sites for hydroxylation is 3. The number of ether oxygens (including phenoxy) is 1. The molecule has 3 aromatic rings. The van der Waals surface area contributed by atoms with Gasteiger partial charge in [0.15, 0.2) is 0 Å². The molecule has 0 radical (unpaired) electrons. The monoisotopic (exact) mass is 420 g/mol. The Morgan fingerprint density at radius 1 is 1.10 bits per heavy atom. The maximum atomic E-state index is 12.5. The normalized spacial score (nSPS) is 14.4. The lowest BCUT2D eigenvalue weighted by Gasteiger charge is -2.30. The summed E-state index contributed by atoms with van der Waals surface area (Å²) in [4.78, 5) is 28.4. The maximum absolute atomic E-state index is 12.5. The van der Waals surface area contributed by atoms with Gasteiger partial charge in [-0.1, -0.05) is 18.2 Å². The first-order valence-corrected chi connectivity index (χ1v) is 10.8. The maximum Gasteiger partial charge on any atom is 0.415 e. The molecule has 0 N–H and O–H groups in total. The van der Waals surface area contributed by atoms with Crippen molar-refractivity contribution in [1.29, 1.82) is 0 Å². The van der Waals surface area contributed by atoms with Crippen molar-refractivity contribution in [2.45, 2.75) is 32.6 Å². The lowest BCUT2D eigenvalue weighted by atomic mass is 9.98. The topological polar surface area (TPSA) is 69.5 Å². The molecule has 0 spiro atoms. The minimum Gasteiger partial charge on any atom is -0.413 e. The van der Waals surface area contributed by atoms with Crippen LogP contribution in [0.4, 0.5) is 4.79 Å². The number of piperidine rings is 1. The van der Waals surface area contributed by atoms with Crippen LogP contribution in [0, 0.1) is 12.8 Å². The number of carbonyl (C=O) groups excluding carboxylic acids is 1.